The summed E-state index contributed by atoms with van der Waals surface area (Å²) in [6.07, 6.45) is 1.17. The molecule has 26 heavy (non-hydrogen) atoms. The van der Waals surface area contributed by atoms with Gasteiger partial charge in [0, 0.05) is 6.42 Å². The first-order chi connectivity index (χ1) is 12.3. The van der Waals surface area contributed by atoms with Gasteiger partial charge in [-0.05, 0) is 48.9 Å². The monoisotopic (exact) mass is 353 g/mol. The molecule has 0 fully saturated rings. The number of carbonyl (C=O) groups is 1. The normalized spacial score (nSPS) is 12.5. The first kappa shape index (κ1) is 20.0. The lowest BCUT2D eigenvalue weighted by atomic mass is 9.86. The van der Waals surface area contributed by atoms with Crippen LogP contribution >= 0.6 is 0 Å². The standard InChI is InChI=1S/C23H31NO2/c1-17-8-14-21(15-9-17)26-16-6-7-22(25)24-18(2)19-10-12-20(13-11-19)23(3,4)5/h8-15,18H,6-7,16H2,1-5H3,(H,24,25)/t18-/m0/s1. The van der Waals surface area contributed by atoms with E-state index in [9.17, 15) is 4.79 Å². The first-order valence-corrected chi connectivity index (χ1v) is 9.35. The van der Waals surface area contributed by atoms with E-state index in [-0.39, 0.29) is 17.4 Å². The van der Waals surface area contributed by atoms with Gasteiger partial charge < -0.3 is 10.1 Å². The van der Waals surface area contributed by atoms with Crippen LogP contribution in [0.25, 0.3) is 0 Å². The van der Waals surface area contributed by atoms with Crippen LogP contribution < -0.4 is 10.1 Å². The predicted molar refractivity (Wildman–Crippen MR) is 108 cm³/mol. The molecule has 3 heteroatoms. The molecule has 0 heterocycles. The molecule has 0 aliphatic heterocycles. The average molecular weight is 354 g/mol. The molecular formula is C23H31NO2. The van der Waals surface area contributed by atoms with Crippen LogP contribution in [0.2, 0.25) is 0 Å². The highest BCUT2D eigenvalue weighted by Crippen LogP contribution is 2.24. The quantitative estimate of drug-likeness (QED) is 0.683. The Kier molecular flexibility index (Phi) is 6.84. The highest BCUT2D eigenvalue weighted by Gasteiger charge is 2.14. The minimum atomic E-state index is 0.00883. The molecule has 0 aromatic heterocycles. The molecule has 2 aromatic rings. The molecule has 1 N–H and O–H groups in total. The largest absolute Gasteiger partial charge is 0.494 e. The summed E-state index contributed by atoms with van der Waals surface area (Å²) in [5.41, 5.74) is 3.78. The summed E-state index contributed by atoms with van der Waals surface area (Å²) in [7, 11) is 0. The molecule has 0 radical (unpaired) electrons. The van der Waals surface area contributed by atoms with Gasteiger partial charge in [-0.3, -0.25) is 4.79 Å². The molecule has 0 saturated carbocycles. The fourth-order valence-corrected chi connectivity index (χ4v) is 2.73. The van der Waals surface area contributed by atoms with Crippen molar-refractivity contribution in [2.75, 3.05) is 6.61 Å². The molecule has 0 spiro atoms. The summed E-state index contributed by atoms with van der Waals surface area (Å²) in [5, 5.41) is 3.07. The lowest BCUT2D eigenvalue weighted by Crippen LogP contribution is -2.26. The predicted octanol–water partition coefficient (Wildman–Crippen LogP) is 5.33. The summed E-state index contributed by atoms with van der Waals surface area (Å²) in [4.78, 5) is 12.1. The molecule has 2 rings (SSSR count). The van der Waals surface area contributed by atoms with Gasteiger partial charge in [0.1, 0.15) is 5.75 Å². The molecular weight excluding hydrogens is 322 g/mol. The average Bonchev–Trinajstić information content (AvgIpc) is 2.59. The van der Waals surface area contributed by atoms with Gasteiger partial charge in [0.15, 0.2) is 0 Å². The smallest absolute Gasteiger partial charge is 0.220 e. The molecule has 3 nitrogen and oxygen atoms in total. The van der Waals surface area contributed by atoms with Crippen molar-refractivity contribution >= 4 is 5.91 Å². The maximum absolute atomic E-state index is 12.1. The van der Waals surface area contributed by atoms with Crippen LogP contribution in [0.4, 0.5) is 0 Å². The Labute approximate surface area is 157 Å². The lowest BCUT2D eigenvalue weighted by Gasteiger charge is -2.20. The van der Waals surface area contributed by atoms with E-state index in [0.717, 1.165) is 11.3 Å². The van der Waals surface area contributed by atoms with Crippen molar-refractivity contribution in [1.29, 1.82) is 0 Å². The van der Waals surface area contributed by atoms with Crippen molar-refractivity contribution in [2.24, 2.45) is 0 Å². The van der Waals surface area contributed by atoms with E-state index in [4.69, 9.17) is 4.74 Å². The third-order valence-electron chi connectivity index (χ3n) is 4.49. The topological polar surface area (TPSA) is 38.3 Å². The van der Waals surface area contributed by atoms with Crippen LogP contribution in [-0.2, 0) is 10.2 Å². The third kappa shape index (κ3) is 6.21. The molecule has 1 atom stereocenters. The minimum absolute atomic E-state index is 0.00883. The number of carbonyl (C=O) groups excluding carboxylic acids is 1. The summed E-state index contributed by atoms with van der Waals surface area (Å²) < 4.78 is 5.67. The van der Waals surface area contributed by atoms with Gasteiger partial charge in [0.2, 0.25) is 5.91 Å². The number of benzene rings is 2. The van der Waals surface area contributed by atoms with Crippen molar-refractivity contribution in [3.63, 3.8) is 0 Å². The van der Waals surface area contributed by atoms with Crippen molar-refractivity contribution in [1.82, 2.24) is 5.32 Å². The molecule has 0 unspecified atom stereocenters. The Morgan fingerprint density at radius 2 is 1.65 bits per heavy atom. The van der Waals surface area contributed by atoms with E-state index in [1.165, 1.54) is 11.1 Å². The molecule has 0 aliphatic rings. The Hall–Kier alpha value is -2.29. The maximum Gasteiger partial charge on any atom is 0.220 e. The van der Waals surface area contributed by atoms with Gasteiger partial charge in [0.05, 0.1) is 12.6 Å². The third-order valence-corrected chi connectivity index (χ3v) is 4.49. The van der Waals surface area contributed by atoms with Crippen molar-refractivity contribution < 1.29 is 9.53 Å². The number of rotatable bonds is 7. The van der Waals surface area contributed by atoms with Gasteiger partial charge in [-0.15, -0.1) is 0 Å². The van der Waals surface area contributed by atoms with E-state index in [1.807, 2.05) is 38.1 Å². The Bertz CT molecular complexity index is 696. The number of aryl methyl sites for hydroxylation is 1. The highest BCUT2D eigenvalue weighted by molar-refractivity contribution is 5.76. The van der Waals surface area contributed by atoms with Gasteiger partial charge in [-0.2, -0.15) is 0 Å². The number of hydrogen-bond donors (Lipinski definition) is 1. The van der Waals surface area contributed by atoms with Gasteiger partial charge in [-0.25, -0.2) is 0 Å². The second kappa shape index (κ2) is 8.88. The zero-order chi connectivity index (χ0) is 19.2. The van der Waals surface area contributed by atoms with Gasteiger partial charge in [-0.1, -0.05) is 62.7 Å². The lowest BCUT2D eigenvalue weighted by molar-refractivity contribution is -0.121. The van der Waals surface area contributed by atoms with Gasteiger partial charge >= 0.3 is 0 Å². The van der Waals surface area contributed by atoms with E-state index in [2.05, 4.69) is 50.4 Å². The van der Waals surface area contributed by atoms with Crippen LogP contribution in [-0.4, -0.2) is 12.5 Å². The number of hydrogen-bond acceptors (Lipinski definition) is 2. The Morgan fingerprint density at radius 3 is 2.23 bits per heavy atom. The van der Waals surface area contributed by atoms with E-state index in [1.54, 1.807) is 0 Å². The summed E-state index contributed by atoms with van der Waals surface area (Å²) >= 11 is 0. The highest BCUT2D eigenvalue weighted by atomic mass is 16.5. The van der Waals surface area contributed by atoms with Crippen LogP contribution in [0, 0.1) is 6.92 Å². The summed E-state index contributed by atoms with van der Waals surface area (Å²) in [5.74, 6) is 0.910. The first-order valence-electron chi connectivity index (χ1n) is 9.35. The molecule has 1 amide bonds. The zero-order valence-electron chi connectivity index (χ0n) is 16.6. The van der Waals surface area contributed by atoms with Crippen LogP contribution in [0.5, 0.6) is 5.75 Å². The maximum atomic E-state index is 12.1. The van der Waals surface area contributed by atoms with E-state index in [0.29, 0.717) is 19.4 Å². The molecule has 0 aliphatic carbocycles. The van der Waals surface area contributed by atoms with Crippen molar-refractivity contribution in [2.45, 2.75) is 58.9 Å². The Morgan fingerprint density at radius 1 is 1.04 bits per heavy atom. The van der Waals surface area contributed by atoms with E-state index < -0.39 is 0 Å². The second-order valence-corrected chi connectivity index (χ2v) is 7.93. The molecule has 0 bridgehead atoms. The zero-order valence-corrected chi connectivity index (χ0v) is 16.6. The number of ether oxygens (including phenoxy) is 1. The summed E-state index contributed by atoms with van der Waals surface area (Å²) in [6, 6.07) is 16.5. The Balaban J connectivity index is 1.73. The number of amides is 1. The van der Waals surface area contributed by atoms with Crippen molar-refractivity contribution in [3.8, 4) is 5.75 Å². The van der Waals surface area contributed by atoms with Crippen LogP contribution in [0.15, 0.2) is 48.5 Å². The van der Waals surface area contributed by atoms with Crippen LogP contribution in [0.3, 0.4) is 0 Å². The second-order valence-electron chi connectivity index (χ2n) is 7.93. The fourth-order valence-electron chi connectivity index (χ4n) is 2.73. The molecule has 140 valence electrons. The minimum Gasteiger partial charge on any atom is -0.494 e. The SMILES string of the molecule is Cc1ccc(OCCCC(=O)N[C@@H](C)c2ccc(C(C)(C)C)cc2)cc1. The number of nitrogens with one attached hydrogen (secondary N) is 1. The fraction of sp³-hybridized carbons (Fsp3) is 0.435. The van der Waals surface area contributed by atoms with Crippen LogP contribution in [0.1, 0.15) is 63.3 Å². The molecule has 2 aromatic carbocycles. The molecule has 0 saturated heterocycles. The van der Waals surface area contributed by atoms with E-state index >= 15 is 0 Å². The van der Waals surface area contributed by atoms with Gasteiger partial charge in [0.25, 0.3) is 0 Å². The summed E-state index contributed by atoms with van der Waals surface area (Å²) in [6.45, 7) is 11.2. The van der Waals surface area contributed by atoms with Crippen molar-refractivity contribution in [3.05, 3.63) is 65.2 Å².